The molecule has 124 valence electrons. The van der Waals surface area contributed by atoms with Gasteiger partial charge in [-0.1, -0.05) is 36.9 Å². The molecule has 0 atom stereocenters. The van der Waals surface area contributed by atoms with E-state index in [9.17, 15) is 5.11 Å². The number of phenolic OH excluding ortho intramolecular Hbond substituents is 1. The highest BCUT2D eigenvalue weighted by molar-refractivity contribution is 6.31. The Morgan fingerprint density at radius 1 is 1.04 bits per heavy atom. The van der Waals surface area contributed by atoms with E-state index in [-0.39, 0.29) is 0 Å². The molecule has 0 saturated heterocycles. The summed E-state index contributed by atoms with van der Waals surface area (Å²) in [5, 5.41) is 20.5. The lowest BCUT2D eigenvalue weighted by Gasteiger charge is -2.24. The zero-order valence-electron chi connectivity index (χ0n) is 13.7. The number of aromatic hydroxyl groups is 1. The van der Waals surface area contributed by atoms with Gasteiger partial charge in [0.1, 0.15) is 22.5 Å². The second kappa shape index (κ2) is 6.10. The first kappa shape index (κ1) is 15.5. The first-order valence-electron chi connectivity index (χ1n) is 8.48. The van der Waals surface area contributed by atoms with Crippen molar-refractivity contribution in [2.24, 2.45) is 0 Å². The number of aromatic nitrogens is 3. The third-order valence-corrected chi connectivity index (χ3v) is 5.10. The van der Waals surface area contributed by atoms with Gasteiger partial charge in [-0.2, -0.15) is 0 Å². The maximum atomic E-state index is 10.9. The van der Waals surface area contributed by atoms with Crippen LogP contribution in [-0.4, -0.2) is 20.1 Å². The maximum absolute atomic E-state index is 10.9. The average Bonchev–Trinajstić information content (AvgIpc) is 3.00. The molecule has 1 N–H and O–H groups in total. The van der Waals surface area contributed by atoms with E-state index in [1.165, 1.54) is 24.1 Å². The van der Waals surface area contributed by atoms with Crippen LogP contribution in [0.15, 0.2) is 30.3 Å². The summed E-state index contributed by atoms with van der Waals surface area (Å²) in [7, 11) is 0. The first-order chi connectivity index (χ1) is 11.6. The van der Waals surface area contributed by atoms with Gasteiger partial charge in [-0.15, -0.1) is 15.0 Å². The molecule has 1 heterocycles. The Morgan fingerprint density at radius 2 is 1.79 bits per heavy atom. The standard InChI is InChI=1S/C19H20ClN3O/c1-12-9-15(13-5-3-2-4-6-13)19(24)18(10-12)23-21-16-8-7-14(20)11-17(16)22-23/h7-11,13,24H,2-6H2,1H3. The topological polar surface area (TPSA) is 50.9 Å². The van der Waals surface area contributed by atoms with Crippen LogP contribution in [0.5, 0.6) is 5.75 Å². The van der Waals surface area contributed by atoms with Crippen molar-refractivity contribution in [2.75, 3.05) is 0 Å². The average molecular weight is 342 g/mol. The van der Waals surface area contributed by atoms with E-state index in [0.29, 0.717) is 22.4 Å². The number of rotatable bonds is 2. The van der Waals surface area contributed by atoms with Gasteiger partial charge in [0.15, 0.2) is 0 Å². The van der Waals surface area contributed by atoms with Crippen LogP contribution in [0, 0.1) is 6.92 Å². The lowest BCUT2D eigenvalue weighted by molar-refractivity contribution is 0.411. The molecule has 2 aromatic carbocycles. The molecule has 4 nitrogen and oxygen atoms in total. The molecule has 1 aliphatic carbocycles. The first-order valence-corrected chi connectivity index (χ1v) is 8.86. The van der Waals surface area contributed by atoms with Crippen LogP contribution in [0.3, 0.4) is 0 Å². The minimum atomic E-state index is 0.305. The highest BCUT2D eigenvalue weighted by atomic mass is 35.5. The summed E-state index contributed by atoms with van der Waals surface area (Å²) >= 11 is 6.03. The van der Waals surface area contributed by atoms with Gasteiger partial charge in [-0.25, -0.2) is 0 Å². The lowest BCUT2D eigenvalue weighted by atomic mass is 9.83. The predicted molar refractivity (Wildman–Crippen MR) is 96.1 cm³/mol. The molecule has 0 aliphatic heterocycles. The summed E-state index contributed by atoms with van der Waals surface area (Å²) in [6, 6.07) is 9.47. The van der Waals surface area contributed by atoms with Crippen LogP contribution in [-0.2, 0) is 0 Å². The van der Waals surface area contributed by atoms with Crippen molar-refractivity contribution in [3.8, 4) is 11.4 Å². The third kappa shape index (κ3) is 2.75. The monoisotopic (exact) mass is 341 g/mol. The molecule has 1 aromatic heterocycles. The number of phenols is 1. The van der Waals surface area contributed by atoms with Gasteiger partial charge in [-0.05, 0) is 61.1 Å². The SMILES string of the molecule is Cc1cc(C2CCCCC2)c(O)c(-n2nc3ccc(Cl)cc3n2)c1. The summed E-state index contributed by atoms with van der Waals surface area (Å²) in [6.07, 6.45) is 6.04. The summed E-state index contributed by atoms with van der Waals surface area (Å²) in [4.78, 5) is 1.52. The number of nitrogens with zero attached hydrogens (tertiary/aromatic N) is 3. The molecule has 3 aromatic rings. The van der Waals surface area contributed by atoms with Crippen molar-refractivity contribution < 1.29 is 5.11 Å². The number of benzene rings is 2. The summed E-state index contributed by atoms with van der Waals surface area (Å²) < 4.78 is 0. The van der Waals surface area contributed by atoms with Gasteiger partial charge in [-0.3, -0.25) is 0 Å². The van der Waals surface area contributed by atoms with E-state index >= 15 is 0 Å². The van der Waals surface area contributed by atoms with Crippen molar-refractivity contribution in [3.05, 3.63) is 46.5 Å². The predicted octanol–water partition coefficient (Wildman–Crippen LogP) is 5.14. The Labute approximate surface area is 146 Å². The number of hydrogen-bond donors (Lipinski definition) is 1. The summed E-state index contributed by atoms with van der Waals surface area (Å²) in [5.74, 6) is 0.732. The summed E-state index contributed by atoms with van der Waals surface area (Å²) in [5.41, 5.74) is 4.27. The molecule has 0 radical (unpaired) electrons. The molecular formula is C19H20ClN3O. The van der Waals surface area contributed by atoms with Crippen molar-refractivity contribution in [2.45, 2.75) is 44.9 Å². The highest BCUT2D eigenvalue weighted by Gasteiger charge is 2.22. The quantitative estimate of drug-likeness (QED) is 0.702. The van der Waals surface area contributed by atoms with Gasteiger partial charge >= 0.3 is 0 Å². The molecule has 4 rings (SSSR count). The van der Waals surface area contributed by atoms with Crippen LogP contribution in [0.2, 0.25) is 5.02 Å². The van der Waals surface area contributed by atoms with E-state index in [4.69, 9.17) is 11.6 Å². The number of fused-ring (bicyclic) bond motifs is 1. The Balaban J connectivity index is 1.82. The van der Waals surface area contributed by atoms with E-state index in [0.717, 1.165) is 35.0 Å². The Morgan fingerprint density at radius 3 is 2.58 bits per heavy atom. The Hall–Kier alpha value is -2.07. The molecule has 1 aliphatic rings. The van der Waals surface area contributed by atoms with Crippen molar-refractivity contribution >= 4 is 22.6 Å². The molecule has 5 heteroatoms. The number of halogens is 1. The smallest absolute Gasteiger partial charge is 0.146 e. The largest absolute Gasteiger partial charge is 0.505 e. The Kier molecular flexibility index (Phi) is 3.93. The molecule has 0 spiro atoms. The molecule has 0 bridgehead atoms. The normalized spacial score (nSPS) is 15.9. The fourth-order valence-corrected chi connectivity index (χ4v) is 3.83. The molecule has 1 saturated carbocycles. The lowest BCUT2D eigenvalue weighted by Crippen LogP contribution is -2.08. The van der Waals surface area contributed by atoms with Gasteiger partial charge in [0.2, 0.25) is 0 Å². The molecule has 24 heavy (non-hydrogen) atoms. The van der Waals surface area contributed by atoms with Gasteiger partial charge in [0.25, 0.3) is 0 Å². The van der Waals surface area contributed by atoms with Crippen LogP contribution in [0.25, 0.3) is 16.7 Å². The number of aryl methyl sites for hydroxylation is 1. The fourth-order valence-electron chi connectivity index (χ4n) is 3.66. The van der Waals surface area contributed by atoms with E-state index in [2.05, 4.69) is 23.2 Å². The zero-order chi connectivity index (χ0) is 16.7. The maximum Gasteiger partial charge on any atom is 0.146 e. The van der Waals surface area contributed by atoms with E-state index in [1.807, 2.05) is 12.1 Å². The molecule has 1 fully saturated rings. The van der Waals surface area contributed by atoms with Gasteiger partial charge in [0.05, 0.1) is 0 Å². The second-order valence-electron chi connectivity index (χ2n) is 6.68. The van der Waals surface area contributed by atoms with Crippen LogP contribution >= 0.6 is 11.6 Å². The third-order valence-electron chi connectivity index (χ3n) is 4.87. The summed E-state index contributed by atoms with van der Waals surface area (Å²) in [6.45, 7) is 2.05. The molecule has 0 unspecified atom stereocenters. The molecular weight excluding hydrogens is 322 g/mol. The van der Waals surface area contributed by atoms with Crippen LogP contribution < -0.4 is 0 Å². The second-order valence-corrected chi connectivity index (χ2v) is 7.12. The molecule has 0 amide bonds. The van der Waals surface area contributed by atoms with Crippen molar-refractivity contribution in [3.63, 3.8) is 0 Å². The minimum absolute atomic E-state index is 0.305. The van der Waals surface area contributed by atoms with Crippen LogP contribution in [0.1, 0.15) is 49.1 Å². The van der Waals surface area contributed by atoms with E-state index in [1.54, 1.807) is 12.1 Å². The number of hydrogen-bond acceptors (Lipinski definition) is 3. The highest BCUT2D eigenvalue weighted by Crippen LogP contribution is 2.40. The van der Waals surface area contributed by atoms with E-state index < -0.39 is 0 Å². The van der Waals surface area contributed by atoms with Gasteiger partial charge in [0, 0.05) is 5.02 Å². The van der Waals surface area contributed by atoms with Gasteiger partial charge < -0.3 is 5.11 Å². The van der Waals surface area contributed by atoms with Crippen LogP contribution in [0.4, 0.5) is 0 Å². The van der Waals surface area contributed by atoms with Crippen molar-refractivity contribution in [1.29, 1.82) is 0 Å². The zero-order valence-corrected chi connectivity index (χ0v) is 14.4. The minimum Gasteiger partial charge on any atom is -0.505 e. The Bertz CT molecular complexity index is 897. The fraction of sp³-hybridized carbons (Fsp3) is 0.368. The van der Waals surface area contributed by atoms with Crippen molar-refractivity contribution in [1.82, 2.24) is 15.0 Å².